The van der Waals surface area contributed by atoms with E-state index in [4.69, 9.17) is 4.52 Å². The van der Waals surface area contributed by atoms with Crippen molar-refractivity contribution in [3.05, 3.63) is 46.1 Å². The Morgan fingerprint density at radius 2 is 1.84 bits per heavy atom. The van der Waals surface area contributed by atoms with Crippen LogP contribution in [0.1, 0.15) is 52.7 Å². The average Bonchev–Trinajstić information content (AvgIpc) is 3.00. The highest BCUT2D eigenvalue weighted by Gasteiger charge is 2.26. The maximum atomic E-state index is 12.5. The fourth-order valence-corrected chi connectivity index (χ4v) is 3.59. The molecule has 0 atom stereocenters. The molecule has 1 saturated heterocycles. The predicted molar refractivity (Wildman–Crippen MR) is 95.5 cm³/mol. The zero-order valence-corrected chi connectivity index (χ0v) is 15.4. The van der Waals surface area contributed by atoms with Crippen LogP contribution in [0, 0.1) is 27.7 Å². The van der Waals surface area contributed by atoms with Gasteiger partial charge < -0.3 is 14.7 Å². The minimum Gasteiger partial charge on any atom is -0.340 e. The molecule has 2 aromatic rings. The average molecular weight is 342 g/mol. The highest BCUT2D eigenvalue weighted by molar-refractivity contribution is 5.74. The topological polar surface area (TPSA) is 71.3 Å². The third kappa shape index (κ3) is 4.00. The van der Waals surface area contributed by atoms with E-state index in [1.165, 1.54) is 22.3 Å². The van der Waals surface area contributed by atoms with Gasteiger partial charge in [-0.2, -0.15) is 4.98 Å². The molecule has 0 spiro atoms. The van der Waals surface area contributed by atoms with Gasteiger partial charge in [0.25, 0.3) is 0 Å². The Kier molecular flexibility index (Phi) is 5.06. The van der Waals surface area contributed by atoms with E-state index in [1.54, 1.807) is 6.92 Å². The Morgan fingerprint density at radius 3 is 2.40 bits per heavy atom. The smallest absolute Gasteiger partial charge is 0.317 e. The number of urea groups is 1. The fraction of sp³-hybridized carbons (Fsp3) is 0.526. The van der Waals surface area contributed by atoms with Gasteiger partial charge in [0.15, 0.2) is 5.82 Å². The van der Waals surface area contributed by atoms with Gasteiger partial charge >= 0.3 is 6.03 Å². The molecule has 1 aromatic heterocycles. The standard InChI is InChI=1S/C19H26N4O2/c1-12-9-13(2)17(14(3)10-12)11-20-19(24)23-7-5-16(6-8-23)18-21-15(4)25-22-18/h9-10,16H,5-8,11H2,1-4H3,(H,20,24). The Hall–Kier alpha value is -2.37. The zero-order chi connectivity index (χ0) is 18.0. The van der Waals surface area contributed by atoms with Crippen LogP contribution < -0.4 is 5.32 Å². The molecule has 0 saturated carbocycles. The number of aromatic nitrogens is 2. The molecular weight excluding hydrogens is 316 g/mol. The molecule has 134 valence electrons. The van der Waals surface area contributed by atoms with E-state index in [2.05, 4.69) is 48.4 Å². The van der Waals surface area contributed by atoms with Crippen molar-refractivity contribution in [3.63, 3.8) is 0 Å². The summed E-state index contributed by atoms with van der Waals surface area (Å²) in [5, 5.41) is 7.07. The second-order valence-corrected chi connectivity index (χ2v) is 6.97. The van der Waals surface area contributed by atoms with Crippen LogP contribution in [0.15, 0.2) is 16.7 Å². The lowest BCUT2D eigenvalue weighted by Crippen LogP contribution is -2.44. The number of carbonyl (C=O) groups is 1. The zero-order valence-electron chi connectivity index (χ0n) is 15.4. The van der Waals surface area contributed by atoms with E-state index < -0.39 is 0 Å². The van der Waals surface area contributed by atoms with Crippen molar-refractivity contribution in [2.75, 3.05) is 13.1 Å². The van der Waals surface area contributed by atoms with Crippen LogP contribution in [0.25, 0.3) is 0 Å². The number of likely N-dealkylation sites (tertiary alicyclic amines) is 1. The fourth-order valence-electron chi connectivity index (χ4n) is 3.59. The molecule has 1 aliphatic heterocycles. The number of benzene rings is 1. The van der Waals surface area contributed by atoms with Crippen LogP contribution in [0.3, 0.4) is 0 Å². The van der Waals surface area contributed by atoms with Gasteiger partial charge in [-0.1, -0.05) is 22.9 Å². The van der Waals surface area contributed by atoms with E-state index in [0.717, 1.165) is 31.8 Å². The van der Waals surface area contributed by atoms with Gasteiger partial charge in [-0.15, -0.1) is 0 Å². The predicted octanol–water partition coefficient (Wildman–Crippen LogP) is 3.39. The van der Waals surface area contributed by atoms with Gasteiger partial charge in [0.1, 0.15) is 0 Å². The lowest BCUT2D eigenvalue weighted by molar-refractivity contribution is 0.179. The summed E-state index contributed by atoms with van der Waals surface area (Å²) in [6.07, 6.45) is 1.74. The summed E-state index contributed by atoms with van der Waals surface area (Å²) in [7, 11) is 0. The summed E-state index contributed by atoms with van der Waals surface area (Å²) >= 11 is 0. The molecule has 1 aliphatic rings. The molecule has 1 N–H and O–H groups in total. The summed E-state index contributed by atoms with van der Waals surface area (Å²) in [6.45, 7) is 10.1. The van der Waals surface area contributed by atoms with Crippen molar-refractivity contribution in [3.8, 4) is 0 Å². The molecule has 0 aliphatic carbocycles. The monoisotopic (exact) mass is 342 g/mol. The first kappa shape index (κ1) is 17.5. The molecule has 3 rings (SSSR count). The third-order valence-corrected chi connectivity index (χ3v) is 4.95. The van der Waals surface area contributed by atoms with Gasteiger partial charge in [0.05, 0.1) is 0 Å². The van der Waals surface area contributed by atoms with Gasteiger partial charge in [-0.25, -0.2) is 4.79 Å². The van der Waals surface area contributed by atoms with Gasteiger partial charge in [-0.3, -0.25) is 0 Å². The molecule has 2 heterocycles. The largest absolute Gasteiger partial charge is 0.340 e. The molecule has 2 amide bonds. The second kappa shape index (κ2) is 7.25. The number of hydrogen-bond acceptors (Lipinski definition) is 4. The number of rotatable bonds is 3. The molecular formula is C19H26N4O2. The van der Waals surface area contributed by atoms with Crippen LogP contribution in [0.4, 0.5) is 4.79 Å². The van der Waals surface area contributed by atoms with Crippen molar-refractivity contribution in [2.45, 2.75) is 53.0 Å². The van der Waals surface area contributed by atoms with Gasteiger partial charge in [-0.05, 0) is 50.3 Å². The van der Waals surface area contributed by atoms with Crippen molar-refractivity contribution in [2.24, 2.45) is 0 Å². The highest BCUT2D eigenvalue weighted by atomic mass is 16.5. The van der Waals surface area contributed by atoms with Crippen LogP contribution in [0.2, 0.25) is 0 Å². The molecule has 0 bridgehead atoms. The van der Waals surface area contributed by atoms with Crippen LogP contribution >= 0.6 is 0 Å². The Morgan fingerprint density at radius 1 is 1.20 bits per heavy atom. The van der Waals surface area contributed by atoms with Crippen molar-refractivity contribution in [1.29, 1.82) is 0 Å². The number of aryl methyl sites for hydroxylation is 4. The highest BCUT2D eigenvalue weighted by Crippen LogP contribution is 2.26. The van der Waals surface area contributed by atoms with Crippen LogP contribution in [0.5, 0.6) is 0 Å². The van der Waals surface area contributed by atoms with Crippen molar-refractivity contribution in [1.82, 2.24) is 20.4 Å². The first-order valence-corrected chi connectivity index (χ1v) is 8.83. The van der Waals surface area contributed by atoms with Gasteiger partial charge in [0.2, 0.25) is 5.89 Å². The minimum absolute atomic E-state index is 0.00196. The summed E-state index contributed by atoms with van der Waals surface area (Å²) in [4.78, 5) is 18.7. The lowest BCUT2D eigenvalue weighted by Gasteiger charge is -2.30. The number of hydrogen-bond donors (Lipinski definition) is 1. The van der Waals surface area contributed by atoms with E-state index in [-0.39, 0.29) is 11.9 Å². The quantitative estimate of drug-likeness (QED) is 0.928. The molecule has 0 radical (unpaired) electrons. The summed E-state index contributed by atoms with van der Waals surface area (Å²) < 4.78 is 5.06. The summed E-state index contributed by atoms with van der Waals surface area (Å²) in [5.41, 5.74) is 4.91. The summed E-state index contributed by atoms with van der Waals surface area (Å²) in [6, 6.07) is 4.32. The number of piperidine rings is 1. The third-order valence-electron chi connectivity index (χ3n) is 4.95. The van der Waals surface area contributed by atoms with E-state index in [9.17, 15) is 4.79 Å². The Balaban J connectivity index is 1.53. The Bertz CT molecular complexity index is 738. The van der Waals surface area contributed by atoms with E-state index in [0.29, 0.717) is 12.4 Å². The number of carbonyl (C=O) groups excluding carboxylic acids is 1. The SMILES string of the molecule is Cc1cc(C)c(CNC(=O)N2CCC(c3noc(C)n3)CC2)c(C)c1. The molecule has 1 fully saturated rings. The molecule has 25 heavy (non-hydrogen) atoms. The molecule has 6 nitrogen and oxygen atoms in total. The number of nitrogens with one attached hydrogen (secondary N) is 1. The Labute approximate surface area is 148 Å². The summed E-state index contributed by atoms with van der Waals surface area (Å²) in [5.74, 6) is 1.64. The molecule has 6 heteroatoms. The van der Waals surface area contributed by atoms with Crippen molar-refractivity contribution >= 4 is 6.03 Å². The molecule has 0 unspecified atom stereocenters. The number of amides is 2. The van der Waals surface area contributed by atoms with Gasteiger partial charge in [0, 0.05) is 32.5 Å². The number of nitrogens with zero attached hydrogens (tertiary/aromatic N) is 3. The van der Waals surface area contributed by atoms with Crippen molar-refractivity contribution < 1.29 is 9.32 Å². The lowest BCUT2D eigenvalue weighted by atomic mass is 9.96. The first-order valence-electron chi connectivity index (χ1n) is 8.83. The second-order valence-electron chi connectivity index (χ2n) is 6.97. The molecule has 1 aromatic carbocycles. The van der Waals surface area contributed by atoms with E-state index in [1.807, 2.05) is 4.90 Å². The normalized spacial score (nSPS) is 15.4. The van der Waals surface area contributed by atoms with E-state index >= 15 is 0 Å². The van der Waals surface area contributed by atoms with Crippen LogP contribution in [-0.2, 0) is 6.54 Å². The maximum absolute atomic E-state index is 12.5. The first-order chi connectivity index (χ1) is 11.9. The maximum Gasteiger partial charge on any atom is 0.317 e. The minimum atomic E-state index is 0.00196. The van der Waals surface area contributed by atoms with Crippen LogP contribution in [-0.4, -0.2) is 34.2 Å².